The molecule has 0 saturated heterocycles. The van der Waals surface area contributed by atoms with Crippen LogP contribution in [0.2, 0.25) is 13.1 Å². The molecule has 368 valence electrons. The molecule has 0 heterocycles. The second-order valence-electron chi connectivity index (χ2n) is 24.9. The van der Waals surface area contributed by atoms with E-state index in [1.807, 2.05) is 0 Å². The maximum Gasteiger partial charge on any atom is -0.0162 e. The van der Waals surface area contributed by atoms with Gasteiger partial charge >= 0.3 is 41.9 Å². The minimum atomic E-state index is 0. The number of fused-ring (bicyclic) bond motifs is 2. The molecule has 70 heavy (non-hydrogen) atoms. The molecule has 0 radical (unpaired) electrons. The van der Waals surface area contributed by atoms with Crippen LogP contribution >= 0.6 is 0 Å². The van der Waals surface area contributed by atoms with Crippen molar-refractivity contribution in [2.45, 2.75) is 166 Å². The molecule has 4 heteroatoms. The van der Waals surface area contributed by atoms with Gasteiger partial charge in [-0.3, -0.25) is 0 Å². The summed E-state index contributed by atoms with van der Waals surface area (Å²) in [4.78, 5) is 0. The summed E-state index contributed by atoms with van der Waals surface area (Å²) in [5, 5.41) is 5.82. The number of halogens is 2. The zero-order valence-corrected chi connectivity index (χ0v) is 47.6. The van der Waals surface area contributed by atoms with Crippen LogP contribution in [0, 0.1) is 59.2 Å². The van der Waals surface area contributed by atoms with Crippen LogP contribution in [-0.4, -0.2) is 5.43 Å². The van der Waals surface area contributed by atoms with Crippen molar-refractivity contribution >= 4 is 27.0 Å². The first-order valence-corrected chi connectivity index (χ1v) is 34.6. The van der Waals surface area contributed by atoms with E-state index in [2.05, 4.69) is 122 Å². The van der Waals surface area contributed by atoms with Crippen LogP contribution in [0.25, 0.3) is 43.8 Å². The van der Waals surface area contributed by atoms with Crippen molar-refractivity contribution in [1.82, 2.24) is 0 Å². The molecular weight excluding hydrogens is 983 g/mol. The van der Waals surface area contributed by atoms with Crippen molar-refractivity contribution in [2.24, 2.45) is 59.2 Å². The van der Waals surface area contributed by atoms with Gasteiger partial charge in [0.2, 0.25) is 0 Å². The van der Waals surface area contributed by atoms with Crippen molar-refractivity contribution in [1.29, 1.82) is 0 Å². The van der Waals surface area contributed by atoms with Crippen LogP contribution in [0.1, 0.15) is 163 Å². The molecule has 10 aliphatic rings. The maximum absolute atomic E-state index is 2.55. The minimum Gasteiger partial charge on any atom is -1.00 e. The number of hydrogen-bond donors (Lipinski definition) is 0. The zero-order chi connectivity index (χ0) is 45.7. The average molecular weight is 1060 g/mol. The molecule has 0 atom stereocenters. The summed E-state index contributed by atoms with van der Waals surface area (Å²) < 4.78 is 0. The fourth-order valence-electron chi connectivity index (χ4n) is 17.4. The maximum atomic E-state index is 2.55. The van der Waals surface area contributed by atoms with E-state index in [-0.39, 0.29) is 30.2 Å². The Morgan fingerprint density at radius 2 is 0.771 bits per heavy atom. The van der Waals surface area contributed by atoms with Gasteiger partial charge in [-0.05, 0) is 196 Å². The summed E-state index contributed by atoms with van der Waals surface area (Å²) in [6.07, 6.45) is 32.1. The Kier molecular flexibility index (Phi) is 16.6. The monoisotopic (exact) mass is 1060 g/mol. The number of rotatable bonds is 8. The third-order valence-electron chi connectivity index (χ3n) is 20.0. The van der Waals surface area contributed by atoms with E-state index >= 15 is 0 Å². The molecule has 0 unspecified atom stereocenters. The van der Waals surface area contributed by atoms with Crippen molar-refractivity contribution in [2.75, 3.05) is 0 Å². The summed E-state index contributed by atoms with van der Waals surface area (Å²) >= 11 is 1.74. The van der Waals surface area contributed by atoms with Crippen molar-refractivity contribution in [3.05, 3.63) is 131 Å². The smallest absolute Gasteiger partial charge is 0.0162 e. The Morgan fingerprint density at radius 3 is 1.10 bits per heavy atom. The van der Waals surface area contributed by atoms with Gasteiger partial charge in [0.15, 0.2) is 0 Å². The zero-order valence-electron chi connectivity index (χ0n) is 42.6. The SMILES string of the molecule is C[Si](C)=[Zr+2].[Cl-].[Cl-].c1cc(-c2ccc(C3CCCCC3)cc2)c2cc(CC3C4CC5CC(C4)CC3C5)[cH-]c2c1.c1cc(-c2ccc(C3CCCCC3)cc2)c2cc(CC3C4CC5CC(C4)CC3C5)[cH-]c2c1. The van der Waals surface area contributed by atoms with E-state index in [1.165, 1.54) is 172 Å². The van der Waals surface area contributed by atoms with E-state index in [4.69, 9.17) is 0 Å². The molecule has 16 rings (SSSR count). The first-order valence-electron chi connectivity index (χ1n) is 28.4. The van der Waals surface area contributed by atoms with Gasteiger partial charge in [0.05, 0.1) is 0 Å². The molecule has 0 aliphatic heterocycles. The predicted octanol–water partition coefficient (Wildman–Crippen LogP) is 12.6. The van der Waals surface area contributed by atoms with Gasteiger partial charge in [-0.15, -0.1) is 69.1 Å². The Morgan fingerprint density at radius 1 is 0.443 bits per heavy atom. The van der Waals surface area contributed by atoms with Gasteiger partial charge < -0.3 is 24.8 Å². The Hall–Kier alpha value is -2.22. The van der Waals surface area contributed by atoms with E-state index in [0.29, 0.717) is 0 Å². The quantitative estimate of drug-likeness (QED) is 0.105. The molecule has 10 fully saturated rings. The molecule has 0 spiro atoms. The van der Waals surface area contributed by atoms with Gasteiger partial charge in [-0.1, -0.05) is 110 Å². The Bertz CT molecular complexity index is 2430. The summed E-state index contributed by atoms with van der Waals surface area (Å²) in [7, 11) is 0. The first-order chi connectivity index (χ1) is 33.3. The van der Waals surface area contributed by atoms with E-state index in [0.717, 1.165) is 71.0 Å². The van der Waals surface area contributed by atoms with Crippen LogP contribution < -0.4 is 24.8 Å². The summed E-state index contributed by atoms with van der Waals surface area (Å²) in [6, 6.07) is 43.2. The van der Waals surface area contributed by atoms with Crippen LogP contribution in [0.4, 0.5) is 0 Å². The standard InChI is InChI=1S/2C32H37.C2H6Si.2ClH.Zr/c2*1-2-5-24(6-3-1)25-9-11-26(12-10-25)30-8-4-7-27-14-23(20-32(27)30)19-31-28-15-21-13-22(17-28)18-29(31)16-21;1-3-2;;;/h2*4,7-12,14,20-22,24,28-29,31H,1-3,5-6,13,15-19H2;1-2H3;2*1H;/q2*-1;;;;+2/p-2. The second kappa shape index (κ2) is 22.7. The van der Waals surface area contributed by atoms with Crippen molar-refractivity contribution in [3.63, 3.8) is 0 Å². The van der Waals surface area contributed by atoms with E-state index < -0.39 is 0 Å². The van der Waals surface area contributed by atoms with Crippen LogP contribution in [0.3, 0.4) is 0 Å². The fourth-order valence-corrected chi connectivity index (χ4v) is 17.4. The topological polar surface area (TPSA) is 0 Å². The Labute approximate surface area is 450 Å². The average Bonchev–Trinajstić information content (AvgIpc) is 3.98. The second-order valence-corrected chi connectivity index (χ2v) is 34.2. The molecule has 0 N–H and O–H groups in total. The molecule has 0 aromatic heterocycles. The third kappa shape index (κ3) is 11.1. The molecule has 10 aliphatic carbocycles. The van der Waals surface area contributed by atoms with Crippen molar-refractivity contribution in [3.8, 4) is 22.3 Å². The Balaban J connectivity index is 0.000000147. The molecule has 6 aromatic rings. The van der Waals surface area contributed by atoms with Gasteiger partial charge in [0.1, 0.15) is 0 Å². The van der Waals surface area contributed by atoms with E-state index in [1.54, 1.807) is 58.4 Å². The molecule has 0 amide bonds. The van der Waals surface area contributed by atoms with Gasteiger partial charge in [-0.25, -0.2) is 0 Å². The van der Waals surface area contributed by atoms with Crippen LogP contribution in [0.15, 0.2) is 109 Å². The molecule has 8 bridgehead atoms. The first kappa shape index (κ1) is 51.3. The normalized spacial score (nSPS) is 29.7. The third-order valence-corrected chi connectivity index (χ3v) is 20.0. The van der Waals surface area contributed by atoms with Crippen LogP contribution in [0.5, 0.6) is 0 Å². The summed E-state index contributed by atoms with van der Waals surface area (Å²) in [6.45, 7) is 4.62. The number of hydrogen-bond acceptors (Lipinski definition) is 0. The van der Waals surface area contributed by atoms with E-state index in [9.17, 15) is 0 Å². The molecule has 10 saturated carbocycles. The summed E-state index contributed by atoms with van der Waals surface area (Å²) in [5.41, 5.74) is 12.2. The molecular formula is C66H80Cl2SiZr-2. The predicted molar refractivity (Wildman–Crippen MR) is 288 cm³/mol. The van der Waals surface area contributed by atoms with Crippen molar-refractivity contribution < 1.29 is 48.1 Å². The van der Waals surface area contributed by atoms with Gasteiger partial charge in [-0.2, -0.15) is 12.1 Å². The molecule has 6 aromatic carbocycles. The van der Waals surface area contributed by atoms with Gasteiger partial charge in [0.25, 0.3) is 0 Å². The number of benzene rings is 4. The summed E-state index contributed by atoms with van der Waals surface area (Å²) in [5.74, 6) is 11.9. The fraction of sp³-hybridized carbons (Fsp3) is 0.545. The van der Waals surface area contributed by atoms with Crippen LogP contribution in [-0.2, 0) is 36.2 Å². The minimum absolute atomic E-state index is 0. The largest absolute Gasteiger partial charge is 1.00 e. The molecule has 0 nitrogen and oxygen atoms in total. The van der Waals surface area contributed by atoms with Gasteiger partial charge in [0, 0.05) is 0 Å².